The lowest BCUT2D eigenvalue weighted by Gasteiger charge is -2.35. The number of carbonyl (C=O) groups is 3. The number of nitrogens with zero attached hydrogens (tertiary/aromatic N) is 1. The molecule has 1 aliphatic rings. The van der Waals surface area contributed by atoms with Gasteiger partial charge in [0.1, 0.15) is 0 Å². The van der Waals surface area contributed by atoms with Gasteiger partial charge in [-0.3, -0.25) is 14.4 Å². The van der Waals surface area contributed by atoms with Gasteiger partial charge in [-0.2, -0.15) is 0 Å². The Balaban J connectivity index is 1.81. The van der Waals surface area contributed by atoms with E-state index in [9.17, 15) is 14.4 Å². The van der Waals surface area contributed by atoms with Crippen molar-refractivity contribution in [2.75, 3.05) is 19.8 Å². The second kappa shape index (κ2) is 8.43. The highest BCUT2D eigenvalue weighted by molar-refractivity contribution is 5.96. The number of hydrogen-bond donors (Lipinski definition) is 1. The summed E-state index contributed by atoms with van der Waals surface area (Å²) in [6, 6.07) is 8.75. The lowest BCUT2D eigenvalue weighted by atomic mass is 10.0. The summed E-state index contributed by atoms with van der Waals surface area (Å²) in [4.78, 5) is 37.1. The molecule has 0 radical (unpaired) electrons. The maximum Gasteiger partial charge on any atom is 0.223 e. The van der Waals surface area contributed by atoms with Crippen LogP contribution in [0.1, 0.15) is 36.0 Å². The molecule has 0 bridgehead atoms. The standard InChI is InChI=1S/C17H22N2O4/c18-16(21)11-14-12-23-10-9-19(14)17(22)8-4-7-15(20)13-5-2-1-3-6-13/h1-3,5-6,14H,4,7-12H2,(H2,18,21)/t14-/m0/s1. The van der Waals surface area contributed by atoms with E-state index in [0.717, 1.165) is 0 Å². The first-order valence-corrected chi connectivity index (χ1v) is 7.81. The van der Waals surface area contributed by atoms with Crippen molar-refractivity contribution < 1.29 is 19.1 Å². The van der Waals surface area contributed by atoms with Crippen molar-refractivity contribution >= 4 is 17.6 Å². The van der Waals surface area contributed by atoms with Gasteiger partial charge in [-0.25, -0.2) is 0 Å². The van der Waals surface area contributed by atoms with Crippen molar-refractivity contribution in [3.8, 4) is 0 Å². The lowest BCUT2D eigenvalue weighted by molar-refractivity contribution is -0.141. The fourth-order valence-electron chi connectivity index (χ4n) is 2.70. The van der Waals surface area contributed by atoms with Gasteiger partial charge in [-0.15, -0.1) is 0 Å². The first-order chi connectivity index (χ1) is 11.1. The molecule has 1 aliphatic heterocycles. The number of Topliss-reactive ketones (excluding diaryl/α,β-unsaturated/α-hetero) is 1. The second-order valence-corrected chi connectivity index (χ2v) is 5.63. The minimum absolute atomic E-state index is 0.0362. The number of rotatable bonds is 7. The van der Waals surface area contributed by atoms with Gasteiger partial charge in [-0.05, 0) is 6.42 Å². The Labute approximate surface area is 135 Å². The Bertz CT molecular complexity index is 559. The van der Waals surface area contributed by atoms with Crippen LogP contribution in [-0.2, 0) is 14.3 Å². The van der Waals surface area contributed by atoms with Gasteiger partial charge in [0, 0.05) is 31.4 Å². The Morgan fingerprint density at radius 1 is 1.17 bits per heavy atom. The van der Waals surface area contributed by atoms with Crippen molar-refractivity contribution in [2.24, 2.45) is 5.73 Å². The van der Waals surface area contributed by atoms with Crippen LogP contribution in [-0.4, -0.2) is 48.3 Å². The van der Waals surface area contributed by atoms with E-state index < -0.39 is 5.91 Å². The molecule has 0 aromatic heterocycles. The normalized spacial score (nSPS) is 17.7. The van der Waals surface area contributed by atoms with Gasteiger partial charge in [0.25, 0.3) is 0 Å². The molecule has 1 fully saturated rings. The third-order valence-electron chi connectivity index (χ3n) is 3.87. The number of amides is 2. The number of hydrogen-bond acceptors (Lipinski definition) is 4. The quantitative estimate of drug-likeness (QED) is 0.763. The highest BCUT2D eigenvalue weighted by Crippen LogP contribution is 2.14. The van der Waals surface area contributed by atoms with E-state index in [4.69, 9.17) is 10.5 Å². The summed E-state index contributed by atoms with van der Waals surface area (Å²) in [7, 11) is 0. The summed E-state index contributed by atoms with van der Waals surface area (Å²) in [6.07, 6.45) is 1.22. The molecule has 1 aromatic rings. The predicted octanol–water partition coefficient (Wildman–Crippen LogP) is 1.14. The monoisotopic (exact) mass is 318 g/mol. The molecule has 124 valence electrons. The van der Waals surface area contributed by atoms with Crippen LogP contribution in [0, 0.1) is 0 Å². The van der Waals surface area contributed by atoms with Crippen LogP contribution in [0.2, 0.25) is 0 Å². The molecule has 0 spiro atoms. The first kappa shape index (κ1) is 17.1. The largest absolute Gasteiger partial charge is 0.377 e. The molecule has 0 saturated carbocycles. The summed E-state index contributed by atoms with van der Waals surface area (Å²) in [5, 5.41) is 0. The molecule has 1 aromatic carbocycles. The minimum atomic E-state index is -0.447. The van der Waals surface area contributed by atoms with E-state index in [1.807, 2.05) is 18.2 Å². The molecule has 0 aliphatic carbocycles. The summed E-state index contributed by atoms with van der Waals surface area (Å²) < 4.78 is 5.31. The molecule has 0 unspecified atom stereocenters. The van der Waals surface area contributed by atoms with E-state index in [0.29, 0.717) is 38.2 Å². The van der Waals surface area contributed by atoms with Gasteiger partial charge >= 0.3 is 0 Å². The van der Waals surface area contributed by atoms with E-state index in [1.54, 1.807) is 17.0 Å². The number of ether oxygens (including phenoxy) is 1. The summed E-state index contributed by atoms with van der Waals surface area (Å²) >= 11 is 0. The summed E-state index contributed by atoms with van der Waals surface area (Å²) in [6.45, 7) is 1.25. The molecule has 2 rings (SSSR count). The molecule has 2 N–H and O–H groups in total. The maximum absolute atomic E-state index is 12.3. The van der Waals surface area contributed by atoms with Crippen LogP contribution in [0.25, 0.3) is 0 Å². The Morgan fingerprint density at radius 2 is 1.91 bits per heavy atom. The zero-order chi connectivity index (χ0) is 16.7. The number of nitrogens with two attached hydrogens (primary N) is 1. The van der Waals surface area contributed by atoms with E-state index in [2.05, 4.69) is 0 Å². The van der Waals surface area contributed by atoms with Crippen molar-refractivity contribution in [1.82, 2.24) is 4.90 Å². The highest BCUT2D eigenvalue weighted by Gasteiger charge is 2.28. The number of primary amides is 1. The third-order valence-corrected chi connectivity index (χ3v) is 3.87. The molecular formula is C17H22N2O4. The minimum Gasteiger partial charge on any atom is -0.377 e. The van der Waals surface area contributed by atoms with Crippen molar-refractivity contribution in [3.63, 3.8) is 0 Å². The number of morpholine rings is 1. The van der Waals surface area contributed by atoms with Gasteiger partial charge in [-0.1, -0.05) is 30.3 Å². The molecule has 6 nitrogen and oxygen atoms in total. The Kier molecular flexibility index (Phi) is 6.29. The fourth-order valence-corrected chi connectivity index (χ4v) is 2.70. The van der Waals surface area contributed by atoms with Crippen LogP contribution >= 0.6 is 0 Å². The summed E-state index contributed by atoms with van der Waals surface area (Å²) in [5.74, 6) is -0.466. The van der Waals surface area contributed by atoms with Gasteiger partial charge < -0.3 is 15.4 Å². The predicted molar refractivity (Wildman–Crippen MR) is 84.8 cm³/mol. The van der Waals surface area contributed by atoms with Crippen LogP contribution < -0.4 is 5.73 Å². The SMILES string of the molecule is NC(=O)C[C@H]1COCCN1C(=O)CCCC(=O)c1ccccc1. The lowest BCUT2D eigenvalue weighted by Crippen LogP contribution is -2.50. The highest BCUT2D eigenvalue weighted by atomic mass is 16.5. The van der Waals surface area contributed by atoms with Crippen molar-refractivity contribution in [3.05, 3.63) is 35.9 Å². The van der Waals surface area contributed by atoms with Crippen LogP contribution in [0.3, 0.4) is 0 Å². The summed E-state index contributed by atoms with van der Waals surface area (Å²) in [5.41, 5.74) is 5.88. The van der Waals surface area contributed by atoms with Gasteiger partial charge in [0.05, 0.1) is 19.3 Å². The van der Waals surface area contributed by atoms with Crippen molar-refractivity contribution in [1.29, 1.82) is 0 Å². The topological polar surface area (TPSA) is 89.7 Å². The molecule has 23 heavy (non-hydrogen) atoms. The van der Waals surface area contributed by atoms with Gasteiger partial charge in [0.2, 0.25) is 11.8 Å². The number of benzene rings is 1. The first-order valence-electron chi connectivity index (χ1n) is 7.81. The fraction of sp³-hybridized carbons (Fsp3) is 0.471. The number of ketones is 1. The maximum atomic E-state index is 12.3. The van der Waals surface area contributed by atoms with E-state index >= 15 is 0 Å². The molecule has 6 heteroatoms. The average Bonchev–Trinajstić information content (AvgIpc) is 2.55. The molecule has 1 saturated heterocycles. The van der Waals surface area contributed by atoms with Crippen molar-refractivity contribution in [2.45, 2.75) is 31.7 Å². The molecule has 1 atom stereocenters. The van der Waals surface area contributed by atoms with Gasteiger partial charge in [0.15, 0.2) is 5.78 Å². The molecule has 1 heterocycles. The smallest absolute Gasteiger partial charge is 0.223 e. The third kappa shape index (κ3) is 5.17. The van der Waals surface area contributed by atoms with Crippen LogP contribution in [0.15, 0.2) is 30.3 Å². The van der Waals surface area contributed by atoms with E-state index in [-0.39, 0.29) is 30.6 Å². The Morgan fingerprint density at radius 3 is 2.61 bits per heavy atom. The second-order valence-electron chi connectivity index (χ2n) is 5.63. The van der Waals surface area contributed by atoms with Crippen LogP contribution in [0.5, 0.6) is 0 Å². The van der Waals surface area contributed by atoms with E-state index in [1.165, 1.54) is 0 Å². The average molecular weight is 318 g/mol. The zero-order valence-electron chi connectivity index (χ0n) is 13.1. The number of carbonyl (C=O) groups excluding carboxylic acids is 3. The molecule has 2 amide bonds. The Hall–Kier alpha value is -2.21. The molecular weight excluding hydrogens is 296 g/mol. The van der Waals surface area contributed by atoms with Crippen LogP contribution in [0.4, 0.5) is 0 Å². The zero-order valence-corrected chi connectivity index (χ0v) is 13.1.